The lowest BCUT2D eigenvalue weighted by molar-refractivity contribution is -0.131. The quantitative estimate of drug-likeness (QED) is 0.781. The van der Waals surface area contributed by atoms with Crippen LogP contribution >= 0.6 is 0 Å². The van der Waals surface area contributed by atoms with E-state index in [0.29, 0.717) is 6.42 Å². The molecule has 2 atom stereocenters. The summed E-state index contributed by atoms with van der Waals surface area (Å²) in [7, 11) is 0. The van der Waals surface area contributed by atoms with Crippen molar-refractivity contribution in [3.8, 4) is 5.88 Å². The second-order valence-corrected chi connectivity index (χ2v) is 8.81. The topological polar surface area (TPSA) is 120 Å². The molecule has 27 heavy (non-hydrogen) atoms. The Morgan fingerprint density at radius 1 is 1.33 bits per heavy atom. The number of ether oxygens (including phenoxy) is 1. The third kappa shape index (κ3) is 3.50. The van der Waals surface area contributed by atoms with Crippen LogP contribution in [0.15, 0.2) is 6.07 Å². The van der Waals surface area contributed by atoms with Gasteiger partial charge in [0.25, 0.3) is 5.91 Å². The number of imide groups is 1. The highest BCUT2D eigenvalue weighted by Crippen LogP contribution is 2.41. The van der Waals surface area contributed by atoms with Crippen LogP contribution in [0.4, 0.5) is 9.59 Å². The van der Waals surface area contributed by atoms with Gasteiger partial charge in [0.1, 0.15) is 5.54 Å². The van der Waals surface area contributed by atoms with Crippen molar-refractivity contribution in [2.45, 2.75) is 76.9 Å². The van der Waals surface area contributed by atoms with Gasteiger partial charge in [-0.1, -0.05) is 0 Å². The summed E-state index contributed by atoms with van der Waals surface area (Å²) in [6, 6.07) is 1.23. The summed E-state index contributed by atoms with van der Waals surface area (Å²) in [5, 5.41) is 7.11. The zero-order valence-corrected chi connectivity index (χ0v) is 16.4. The Hall–Kier alpha value is -2.58. The summed E-state index contributed by atoms with van der Waals surface area (Å²) in [4.78, 5) is 37.3. The second-order valence-electron chi connectivity index (χ2n) is 8.81. The van der Waals surface area contributed by atoms with Crippen LogP contribution in [0.1, 0.15) is 65.5 Å². The number of hydrogen-bond donors (Lipinski definition) is 2. The smallest absolute Gasteiger partial charge is 0.390 e. The lowest BCUT2D eigenvalue weighted by atomic mass is 10.0. The molecule has 9 heteroatoms. The first-order chi connectivity index (χ1) is 12.4. The number of primary amides is 1. The summed E-state index contributed by atoms with van der Waals surface area (Å²) in [5.41, 5.74) is 4.82. The number of nitrogens with two attached hydrogens (primary N) is 1. The predicted molar refractivity (Wildman–Crippen MR) is 97.3 cm³/mol. The lowest BCUT2D eigenvalue weighted by Crippen LogP contribution is -2.42. The van der Waals surface area contributed by atoms with Crippen molar-refractivity contribution in [1.82, 2.24) is 20.0 Å². The Bertz CT molecular complexity index is 792. The number of carbonyl (C=O) groups is 3. The van der Waals surface area contributed by atoms with E-state index in [1.807, 2.05) is 25.5 Å². The molecule has 0 bridgehead atoms. The van der Waals surface area contributed by atoms with Gasteiger partial charge in [-0.2, -0.15) is 0 Å². The SMILES string of the molecule is CC1(C)NC(=O)N([C@@H]2CC[C@H](c3cc(OC(N)=O)nn3C(C)(C)C)C2)C1=O. The zero-order chi connectivity index (χ0) is 20.1. The van der Waals surface area contributed by atoms with Crippen LogP contribution < -0.4 is 15.8 Å². The summed E-state index contributed by atoms with van der Waals surface area (Å²) in [5.74, 6) is 0.0588. The largest absolute Gasteiger partial charge is 0.411 e. The fourth-order valence-electron chi connectivity index (χ4n) is 3.92. The lowest BCUT2D eigenvalue weighted by Gasteiger charge is -2.25. The number of amides is 4. The van der Waals surface area contributed by atoms with Crippen molar-refractivity contribution in [3.63, 3.8) is 0 Å². The van der Waals surface area contributed by atoms with Gasteiger partial charge in [-0.25, -0.2) is 9.59 Å². The van der Waals surface area contributed by atoms with Crippen molar-refractivity contribution in [2.24, 2.45) is 5.73 Å². The zero-order valence-electron chi connectivity index (χ0n) is 16.4. The molecule has 3 N–H and O–H groups in total. The molecule has 9 nitrogen and oxygen atoms in total. The highest BCUT2D eigenvalue weighted by molar-refractivity contribution is 6.06. The Balaban J connectivity index is 1.85. The fraction of sp³-hybridized carbons (Fsp3) is 0.667. The first-order valence-electron chi connectivity index (χ1n) is 9.13. The molecule has 1 aliphatic heterocycles. The molecule has 148 valence electrons. The molecule has 0 radical (unpaired) electrons. The van der Waals surface area contributed by atoms with Gasteiger partial charge in [-0.05, 0) is 53.9 Å². The average molecular weight is 377 g/mol. The van der Waals surface area contributed by atoms with Gasteiger partial charge >= 0.3 is 12.1 Å². The molecule has 1 aromatic rings. The van der Waals surface area contributed by atoms with Gasteiger partial charge in [0.05, 0.1) is 5.54 Å². The Morgan fingerprint density at radius 2 is 2.00 bits per heavy atom. The number of urea groups is 1. The summed E-state index contributed by atoms with van der Waals surface area (Å²) >= 11 is 0. The normalized spacial score (nSPS) is 25.0. The third-order valence-corrected chi connectivity index (χ3v) is 5.14. The Morgan fingerprint density at radius 3 is 2.52 bits per heavy atom. The van der Waals surface area contributed by atoms with Crippen LogP contribution in [-0.4, -0.2) is 44.3 Å². The number of aromatic nitrogens is 2. The standard InChI is InChI=1S/C18H27N5O4/c1-17(2,3)23-12(9-13(21-23)27-15(19)25)10-6-7-11(8-10)22-14(24)18(4,5)20-16(22)26/h9-11H,6-8H2,1-5H3,(H2,19,25)(H,20,26)/t10-,11+/m0/s1. The fourth-order valence-corrected chi connectivity index (χ4v) is 3.92. The predicted octanol–water partition coefficient (Wildman–Crippen LogP) is 2.06. The highest BCUT2D eigenvalue weighted by atomic mass is 16.6. The molecular weight excluding hydrogens is 350 g/mol. The van der Waals surface area contributed by atoms with E-state index in [4.69, 9.17) is 10.5 Å². The van der Waals surface area contributed by atoms with Crippen LogP contribution in [0.25, 0.3) is 0 Å². The number of nitrogens with zero attached hydrogens (tertiary/aromatic N) is 3. The van der Waals surface area contributed by atoms with Gasteiger partial charge in [0, 0.05) is 23.7 Å². The Kier molecular flexibility index (Phi) is 4.44. The molecule has 1 saturated carbocycles. The number of nitrogens with one attached hydrogen (secondary N) is 1. The van der Waals surface area contributed by atoms with Gasteiger partial charge in [0.15, 0.2) is 0 Å². The van der Waals surface area contributed by atoms with Gasteiger partial charge in [0.2, 0.25) is 5.88 Å². The average Bonchev–Trinajstić information content (AvgIpc) is 3.16. The molecule has 0 aromatic carbocycles. The summed E-state index contributed by atoms with van der Waals surface area (Å²) < 4.78 is 6.78. The Labute approximate surface area is 158 Å². The summed E-state index contributed by atoms with van der Waals surface area (Å²) in [6.07, 6.45) is 1.26. The van der Waals surface area contributed by atoms with E-state index in [1.165, 1.54) is 4.90 Å². The maximum absolute atomic E-state index is 12.6. The van der Waals surface area contributed by atoms with Crippen molar-refractivity contribution >= 4 is 18.0 Å². The summed E-state index contributed by atoms with van der Waals surface area (Å²) in [6.45, 7) is 9.43. The van der Waals surface area contributed by atoms with E-state index in [9.17, 15) is 14.4 Å². The van der Waals surface area contributed by atoms with Crippen molar-refractivity contribution < 1.29 is 19.1 Å². The molecular formula is C18H27N5O4. The van der Waals surface area contributed by atoms with Crippen LogP contribution in [0.2, 0.25) is 0 Å². The van der Waals surface area contributed by atoms with Crippen LogP contribution in [0.3, 0.4) is 0 Å². The van der Waals surface area contributed by atoms with Crippen molar-refractivity contribution in [3.05, 3.63) is 11.8 Å². The van der Waals surface area contributed by atoms with Crippen LogP contribution in [0, 0.1) is 0 Å². The molecule has 0 spiro atoms. The minimum atomic E-state index is -0.911. The number of rotatable bonds is 3. The molecule has 0 unspecified atom stereocenters. The highest BCUT2D eigenvalue weighted by Gasteiger charge is 2.49. The van der Waals surface area contributed by atoms with E-state index >= 15 is 0 Å². The van der Waals surface area contributed by atoms with Crippen LogP contribution in [0.5, 0.6) is 5.88 Å². The van der Waals surface area contributed by atoms with Gasteiger partial charge < -0.3 is 15.8 Å². The van der Waals surface area contributed by atoms with Gasteiger partial charge in [-0.3, -0.25) is 14.4 Å². The first-order valence-corrected chi connectivity index (χ1v) is 9.13. The second kappa shape index (κ2) is 6.24. The molecule has 3 rings (SSSR count). The van der Waals surface area contributed by atoms with Crippen molar-refractivity contribution in [1.29, 1.82) is 0 Å². The molecule has 1 saturated heterocycles. The monoisotopic (exact) mass is 377 g/mol. The van der Waals surface area contributed by atoms with E-state index in [-0.39, 0.29) is 35.3 Å². The molecule has 2 fully saturated rings. The van der Waals surface area contributed by atoms with E-state index < -0.39 is 11.6 Å². The first kappa shape index (κ1) is 19.2. The third-order valence-electron chi connectivity index (χ3n) is 5.14. The van der Waals surface area contributed by atoms with Crippen molar-refractivity contribution in [2.75, 3.05) is 0 Å². The molecule has 2 aliphatic rings. The number of carbonyl (C=O) groups excluding carboxylic acids is 3. The molecule has 2 heterocycles. The maximum Gasteiger partial charge on any atom is 0.411 e. The maximum atomic E-state index is 12.6. The van der Waals surface area contributed by atoms with E-state index in [0.717, 1.165) is 18.5 Å². The molecule has 4 amide bonds. The van der Waals surface area contributed by atoms with E-state index in [2.05, 4.69) is 10.4 Å². The van der Waals surface area contributed by atoms with Crippen LogP contribution in [-0.2, 0) is 10.3 Å². The minimum Gasteiger partial charge on any atom is -0.390 e. The van der Waals surface area contributed by atoms with E-state index in [1.54, 1.807) is 19.9 Å². The molecule has 1 aliphatic carbocycles. The minimum absolute atomic E-state index is 0.0938. The molecule has 1 aromatic heterocycles. The number of hydrogen-bond acceptors (Lipinski definition) is 5. The van der Waals surface area contributed by atoms with Gasteiger partial charge in [-0.15, -0.1) is 5.10 Å².